The topological polar surface area (TPSA) is 40.6 Å². The monoisotopic (exact) mass is 336 g/mol. The molecule has 7 heteroatoms. The molecule has 2 rings (SSSR count). The summed E-state index contributed by atoms with van der Waals surface area (Å²) in [6.45, 7) is 0.536. The molecule has 0 amide bonds. The predicted molar refractivity (Wildman–Crippen MR) is 84.0 cm³/mol. The summed E-state index contributed by atoms with van der Waals surface area (Å²) < 4.78 is 26.6. The Morgan fingerprint density at radius 3 is 2.40 bits per heavy atom. The minimum Gasteiger partial charge on any atom is -0.302 e. The van der Waals surface area contributed by atoms with Crippen LogP contribution in [0.3, 0.4) is 0 Å². The molecule has 1 aromatic rings. The lowest BCUT2D eigenvalue weighted by Gasteiger charge is -2.48. The number of likely N-dealkylation sites (N-methyl/N-ethyl adjacent to an activating group) is 2. The van der Waals surface area contributed by atoms with E-state index in [1.165, 1.54) is 22.1 Å². The molecule has 1 aliphatic carbocycles. The predicted octanol–water partition coefficient (Wildman–Crippen LogP) is 2.59. The van der Waals surface area contributed by atoms with Crippen LogP contribution in [0.2, 0.25) is 0 Å². The third-order valence-corrected chi connectivity index (χ3v) is 7.53. The van der Waals surface area contributed by atoms with Crippen molar-refractivity contribution in [2.45, 2.75) is 35.6 Å². The van der Waals surface area contributed by atoms with Gasteiger partial charge in [-0.25, -0.2) is 8.42 Å². The van der Waals surface area contributed by atoms with Crippen LogP contribution in [0.1, 0.15) is 24.1 Å². The van der Waals surface area contributed by atoms with Gasteiger partial charge in [-0.2, -0.15) is 4.31 Å². The number of sulfonamides is 1. The van der Waals surface area contributed by atoms with Crippen molar-refractivity contribution in [3.05, 3.63) is 16.3 Å². The lowest BCUT2D eigenvalue weighted by atomic mass is 9.75. The molecule has 1 aromatic heterocycles. The zero-order valence-corrected chi connectivity index (χ0v) is 14.5. The molecule has 20 heavy (non-hydrogen) atoms. The van der Waals surface area contributed by atoms with Crippen molar-refractivity contribution in [3.63, 3.8) is 0 Å². The molecule has 4 nitrogen and oxygen atoms in total. The van der Waals surface area contributed by atoms with E-state index >= 15 is 0 Å². The van der Waals surface area contributed by atoms with Gasteiger partial charge in [-0.15, -0.1) is 22.9 Å². The first kappa shape index (κ1) is 16.2. The summed E-state index contributed by atoms with van der Waals surface area (Å²) in [5, 5.41) is 1.67. The molecule has 1 aliphatic rings. The van der Waals surface area contributed by atoms with Crippen LogP contribution in [0.5, 0.6) is 0 Å². The molecule has 0 aromatic carbocycles. The highest BCUT2D eigenvalue weighted by Crippen LogP contribution is 2.37. The van der Waals surface area contributed by atoms with Crippen molar-refractivity contribution in [1.82, 2.24) is 9.21 Å². The molecule has 0 spiro atoms. The van der Waals surface area contributed by atoms with Crippen molar-refractivity contribution >= 4 is 33.0 Å². The van der Waals surface area contributed by atoms with E-state index in [0.717, 1.165) is 17.7 Å². The Morgan fingerprint density at radius 2 is 2.00 bits per heavy atom. The van der Waals surface area contributed by atoms with Crippen LogP contribution in [0, 0.1) is 0 Å². The van der Waals surface area contributed by atoms with E-state index in [1.54, 1.807) is 18.5 Å². The third kappa shape index (κ3) is 2.90. The second kappa shape index (κ2) is 5.93. The van der Waals surface area contributed by atoms with Gasteiger partial charge in [0.15, 0.2) is 0 Å². The molecule has 114 valence electrons. The van der Waals surface area contributed by atoms with E-state index in [4.69, 9.17) is 11.6 Å². The molecule has 0 bridgehead atoms. The van der Waals surface area contributed by atoms with Gasteiger partial charge >= 0.3 is 0 Å². The van der Waals surface area contributed by atoms with Crippen molar-refractivity contribution in [3.8, 4) is 0 Å². The number of alkyl halides is 1. The number of halogens is 1. The van der Waals surface area contributed by atoms with E-state index in [1.807, 2.05) is 14.1 Å². The van der Waals surface area contributed by atoms with Crippen molar-refractivity contribution in [2.75, 3.05) is 27.7 Å². The maximum atomic E-state index is 12.6. The van der Waals surface area contributed by atoms with Crippen LogP contribution >= 0.6 is 22.9 Å². The molecular formula is C13H21ClN2O2S2. The minimum atomic E-state index is -3.41. The fourth-order valence-corrected chi connectivity index (χ4v) is 5.20. The lowest BCUT2D eigenvalue weighted by Crippen LogP contribution is -2.57. The van der Waals surface area contributed by atoms with Gasteiger partial charge in [-0.3, -0.25) is 0 Å². The highest BCUT2D eigenvalue weighted by molar-refractivity contribution is 7.89. The number of hydrogen-bond acceptors (Lipinski definition) is 4. The molecule has 0 N–H and O–H groups in total. The van der Waals surface area contributed by atoms with E-state index in [-0.39, 0.29) is 5.54 Å². The van der Waals surface area contributed by atoms with Gasteiger partial charge in [0.1, 0.15) is 0 Å². The minimum absolute atomic E-state index is 0.00679. The summed E-state index contributed by atoms with van der Waals surface area (Å²) in [4.78, 5) is 3.39. The first-order chi connectivity index (χ1) is 9.32. The van der Waals surface area contributed by atoms with Gasteiger partial charge in [0.05, 0.1) is 10.8 Å². The molecule has 1 heterocycles. The van der Waals surface area contributed by atoms with Crippen LogP contribution in [0.4, 0.5) is 0 Å². The summed E-state index contributed by atoms with van der Waals surface area (Å²) >= 11 is 7.13. The van der Waals surface area contributed by atoms with Crippen LogP contribution in [-0.2, 0) is 15.9 Å². The third-order valence-electron chi connectivity index (χ3n) is 4.22. The maximum Gasteiger partial charge on any atom is 0.243 e. The van der Waals surface area contributed by atoms with Crippen molar-refractivity contribution < 1.29 is 8.42 Å². The molecule has 0 aliphatic heterocycles. The molecule has 0 unspecified atom stereocenters. The van der Waals surface area contributed by atoms with Gasteiger partial charge in [0.25, 0.3) is 0 Å². The largest absolute Gasteiger partial charge is 0.302 e. The smallest absolute Gasteiger partial charge is 0.243 e. The molecule has 0 atom stereocenters. The van der Waals surface area contributed by atoms with Crippen molar-refractivity contribution in [1.29, 1.82) is 0 Å². The van der Waals surface area contributed by atoms with E-state index < -0.39 is 10.0 Å². The molecule has 1 fully saturated rings. The van der Waals surface area contributed by atoms with E-state index in [9.17, 15) is 8.42 Å². The fourth-order valence-electron chi connectivity index (χ4n) is 2.58. The van der Waals surface area contributed by atoms with E-state index in [0.29, 0.717) is 17.3 Å². The number of rotatable bonds is 6. The molecule has 0 radical (unpaired) electrons. The molecule has 0 saturated heterocycles. The number of nitrogens with zero attached hydrogens (tertiary/aromatic N) is 2. The summed E-state index contributed by atoms with van der Waals surface area (Å²) in [5.41, 5.74) is -0.00679. The average molecular weight is 337 g/mol. The number of thiophene rings is 1. The second-order valence-electron chi connectivity index (χ2n) is 5.62. The fraction of sp³-hybridized carbons (Fsp3) is 0.692. The van der Waals surface area contributed by atoms with Gasteiger partial charge < -0.3 is 4.90 Å². The zero-order chi connectivity index (χ0) is 15.0. The van der Waals surface area contributed by atoms with Crippen LogP contribution in [-0.4, -0.2) is 50.8 Å². The Hall–Kier alpha value is -0.140. The number of hydrogen-bond donors (Lipinski definition) is 0. The Bertz CT molecular complexity index is 565. The summed E-state index contributed by atoms with van der Waals surface area (Å²) in [7, 11) is 2.30. The van der Waals surface area contributed by atoms with Crippen LogP contribution < -0.4 is 0 Å². The standard InChI is InChI=1S/C13H21ClN2O2S2/c1-15(2)13(5-4-6-13)10-16(3)20(17,18)12-7-11(8-14)19-9-12/h7,9H,4-6,8,10H2,1-3H3. The Labute approximate surface area is 130 Å². The van der Waals surface area contributed by atoms with Gasteiger partial charge in [0, 0.05) is 29.4 Å². The molecular weight excluding hydrogens is 316 g/mol. The Morgan fingerprint density at radius 1 is 1.35 bits per heavy atom. The summed E-state index contributed by atoms with van der Waals surface area (Å²) in [5.74, 6) is 0.353. The first-order valence-electron chi connectivity index (χ1n) is 6.59. The van der Waals surface area contributed by atoms with Crippen LogP contribution in [0.25, 0.3) is 0 Å². The van der Waals surface area contributed by atoms with Crippen LogP contribution in [0.15, 0.2) is 16.3 Å². The maximum absolute atomic E-state index is 12.6. The van der Waals surface area contributed by atoms with Gasteiger partial charge in [-0.05, 0) is 39.4 Å². The summed E-state index contributed by atoms with van der Waals surface area (Å²) in [6, 6.07) is 1.67. The Kier molecular flexibility index (Phi) is 4.81. The second-order valence-corrected chi connectivity index (χ2v) is 8.92. The summed E-state index contributed by atoms with van der Waals surface area (Å²) in [6.07, 6.45) is 3.27. The van der Waals surface area contributed by atoms with Gasteiger partial charge in [-0.1, -0.05) is 0 Å². The normalized spacial score (nSPS) is 18.5. The van der Waals surface area contributed by atoms with E-state index in [2.05, 4.69) is 4.90 Å². The van der Waals surface area contributed by atoms with Crippen molar-refractivity contribution in [2.24, 2.45) is 0 Å². The zero-order valence-electron chi connectivity index (χ0n) is 12.1. The highest BCUT2D eigenvalue weighted by Gasteiger charge is 2.42. The quantitative estimate of drug-likeness (QED) is 0.750. The highest BCUT2D eigenvalue weighted by atomic mass is 35.5. The molecule has 1 saturated carbocycles. The lowest BCUT2D eigenvalue weighted by molar-refractivity contribution is 0.0455. The average Bonchev–Trinajstić information content (AvgIpc) is 2.82. The van der Waals surface area contributed by atoms with Gasteiger partial charge in [0.2, 0.25) is 10.0 Å². The Balaban J connectivity index is 2.17. The SMILES string of the molecule is CN(C)C1(CN(C)S(=O)(=O)c2csc(CCl)c2)CCC1. The first-order valence-corrected chi connectivity index (χ1v) is 9.44.